The average molecular weight is 437 g/mol. The van der Waals surface area contributed by atoms with Crippen LogP contribution in [0, 0.1) is 0 Å². The van der Waals surface area contributed by atoms with Gasteiger partial charge in [-0.1, -0.05) is 61.5 Å². The largest absolute Gasteiger partial charge is 0.480 e. The Morgan fingerprint density at radius 2 is 1.72 bits per heavy atom. The van der Waals surface area contributed by atoms with E-state index in [1.54, 1.807) is 0 Å². The lowest BCUT2D eigenvalue weighted by atomic mass is 9.98. The number of nitrogens with one attached hydrogen (secondary N) is 1. The molecule has 32 heavy (non-hydrogen) atoms. The fraction of sp³-hybridized carbons (Fsp3) is 0.320. The predicted octanol–water partition coefficient (Wildman–Crippen LogP) is 3.79. The number of carbonyl (C=O) groups is 3. The van der Waals surface area contributed by atoms with Gasteiger partial charge >= 0.3 is 12.1 Å². The fourth-order valence-corrected chi connectivity index (χ4v) is 4.02. The molecule has 0 radical (unpaired) electrons. The minimum atomic E-state index is -1.10. The molecule has 2 N–H and O–H groups in total. The van der Waals surface area contributed by atoms with E-state index in [1.165, 1.54) is 11.0 Å². The molecule has 1 unspecified atom stereocenters. The number of carboxylic acids is 1. The topological polar surface area (TPSA) is 95.9 Å². The number of aliphatic carboxylic acids is 1. The molecule has 3 rings (SSSR count). The van der Waals surface area contributed by atoms with Crippen molar-refractivity contribution in [1.29, 1.82) is 0 Å². The Morgan fingerprint density at radius 1 is 1.12 bits per heavy atom. The monoisotopic (exact) mass is 436 g/mol. The number of hydrogen-bond donors (Lipinski definition) is 2. The van der Waals surface area contributed by atoms with E-state index in [2.05, 4.69) is 24.0 Å². The summed E-state index contributed by atoms with van der Waals surface area (Å²) in [5, 5.41) is 11.7. The van der Waals surface area contributed by atoms with Gasteiger partial charge in [-0.3, -0.25) is 9.59 Å². The Balaban J connectivity index is 1.60. The number of carbonyl (C=O) groups excluding carboxylic acids is 2. The van der Waals surface area contributed by atoms with Gasteiger partial charge in [0.1, 0.15) is 13.2 Å². The third kappa shape index (κ3) is 5.35. The van der Waals surface area contributed by atoms with E-state index < -0.39 is 24.6 Å². The first kappa shape index (κ1) is 23.1. The number of amides is 2. The first-order chi connectivity index (χ1) is 15.4. The van der Waals surface area contributed by atoms with Crippen molar-refractivity contribution >= 4 is 18.0 Å². The van der Waals surface area contributed by atoms with Crippen LogP contribution in [0.15, 0.2) is 61.2 Å². The van der Waals surface area contributed by atoms with Gasteiger partial charge in [0.2, 0.25) is 5.91 Å². The lowest BCUT2D eigenvalue weighted by Crippen LogP contribution is -2.42. The van der Waals surface area contributed by atoms with Gasteiger partial charge < -0.3 is 20.1 Å². The van der Waals surface area contributed by atoms with Crippen molar-refractivity contribution in [2.75, 3.05) is 19.7 Å². The van der Waals surface area contributed by atoms with Crippen LogP contribution in [0.3, 0.4) is 0 Å². The van der Waals surface area contributed by atoms with Crippen LogP contribution in [0.5, 0.6) is 0 Å². The maximum atomic E-state index is 12.5. The molecule has 2 amide bonds. The van der Waals surface area contributed by atoms with Crippen molar-refractivity contribution in [3.8, 4) is 11.1 Å². The minimum Gasteiger partial charge on any atom is -0.480 e. The Labute approximate surface area is 187 Å². The second-order valence-corrected chi connectivity index (χ2v) is 7.74. The first-order valence-corrected chi connectivity index (χ1v) is 10.7. The van der Waals surface area contributed by atoms with Crippen molar-refractivity contribution in [2.45, 2.75) is 31.7 Å². The van der Waals surface area contributed by atoms with Crippen LogP contribution in [0.25, 0.3) is 11.1 Å². The van der Waals surface area contributed by atoms with E-state index in [1.807, 2.05) is 43.3 Å². The second kappa shape index (κ2) is 10.6. The molecule has 0 saturated carbocycles. The predicted molar refractivity (Wildman–Crippen MR) is 121 cm³/mol. The Kier molecular flexibility index (Phi) is 7.65. The molecule has 0 fully saturated rings. The standard InChI is InChI=1S/C25H28N2O5/c1-3-13-27(15-24(29)30)23(28)14-17(4-2)26-25(31)32-16-22-20-11-7-5-9-18(20)19-10-6-8-12-21(19)22/h3,5-12,17,22H,1,4,13-16H2,2H3,(H,26,31)(H,29,30). The van der Waals surface area contributed by atoms with E-state index in [0.717, 1.165) is 22.3 Å². The molecule has 7 heteroatoms. The summed E-state index contributed by atoms with van der Waals surface area (Å²) in [5.41, 5.74) is 4.54. The summed E-state index contributed by atoms with van der Waals surface area (Å²) in [6.07, 6.45) is 1.37. The van der Waals surface area contributed by atoms with Crippen molar-refractivity contribution < 1.29 is 24.2 Å². The smallest absolute Gasteiger partial charge is 0.407 e. The van der Waals surface area contributed by atoms with Crippen LogP contribution in [-0.2, 0) is 14.3 Å². The van der Waals surface area contributed by atoms with E-state index in [9.17, 15) is 14.4 Å². The molecular formula is C25H28N2O5. The molecule has 1 aliphatic carbocycles. The van der Waals surface area contributed by atoms with Crippen molar-refractivity contribution in [1.82, 2.24) is 10.2 Å². The number of rotatable bonds is 10. The van der Waals surface area contributed by atoms with Crippen molar-refractivity contribution in [3.63, 3.8) is 0 Å². The summed E-state index contributed by atoms with van der Waals surface area (Å²) < 4.78 is 5.54. The van der Waals surface area contributed by atoms with Crippen LogP contribution < -0.4 is 5.32 Å². The summed E-state index contributed by atoms with van der Waals surface area (Å²) in [6.45, 7) is 5.31. The molecule has 0 spiro atoms. The lowest BCUT2D eigenvalue weighted by Gasteiger charge is -2.23. The third-order valence-corrected chi connectivity index (χ3v) is 5.61. The fourth-order valence-electron chi connectivity index (χ4n) is 4.02. The van der Waals surface area contributed by atoms with Gasteiger partial charge in [-0.25, -0.2) is 4.79 Å². The van der Waals surface area contributed by atoms with E-state index in [-0.39, 0.29) is 31.4 Å². The lowest BCUT2D eigenvalue weighted by molar-refractivity contribution is -0.144. The van der Waals surface area contributed by atoms with E-state index in [4.69, 9.17) is 9.84 Å². The average Bonchev–Trinajstić information content (AvgIpc) is 3.10. The highest BCUT2D eigenvalue weighted by Crippen LogP contribution is 2.44. The molecule has 168 valence electrons. The molecule has 1 aliphatic rings. The number of carboxylic acid groups (broad SMARTS) is 1. The van der Waals surface area contributed by atoms with Crippen LogP contribution in [0.1, 0.15) is 36.8 Å². The Hall–Kier alpha value is -3.61. The molecule has 0 heterocycles. The zero-order chi connectivity index (χ0) is 23.1. The van der Waals surface area contributed by atoms with E-state index >= 15 is 0 Å². The number of benzene rings is 2. The molecule has 2 aromatic carbocycles. The summed E-state index contributed by atoms with van der Waals surface area (Å²) in [4.78, 5) is 37.1. The van der Waals surface area contributed by atoms with E-state index in [0.29, 0.717) is 6.42 Å². The highest BCUT2D eigenvalue weighted by Gasteiger charge is 2.29. The quantitative estimate of drug-likeness (QED) is 0.553. The minimum absolute atomic E-state index is 0.0121. The molecular weight excluding hydrogens is 408 g/mol. The number of hydrogen-bond acceptors (Lipinski definition) is 4. The number of ether oxygens (including phenoxy) is 1. The zero-order valence-electron chi connectivity index (χ0n) is 18.1. The maximum absolute atomic E-state index is 12.5. The van der Waals surface area contributed by atoms with Gasteiger partial charge in [0.05, 0.1) is 0 Å². The maximum Gasteiger partial charge on any atom is 0.407 e. The van der Waals surface area contributed by atoms with Gasteiger partial charge in [-0.2, -0.15) is 0 Å². The van der Waals surface area contributed by atoms with Gasteiger partial charge in [0.15, 0.2) is 0 Å². The highest BCUT2D eigenvalue weighted by molar-refractivity contribution is 5.82. The van der Waals surface area contributed by atoms with Crippen molar-refractivity contribution in [3.05, 3.63) is 72.3 Å². The summed E-state index contributed by atoms with van der Waals surface area (Å²) >= 11 is 0. The molecule has 0 bridgehead atoms. The summed E-state index contributed by atoms with van der Waals surface area (Å²) in [5.74, 6) is -1.51. The van der Waals surface area contributed by atoms with Crippen LogP contribution in [0.4, 0.5) is 4.79 Å². The SMILES string of the molecule is C=CCN(CC(=O)O)C(=O)CC(CC)NC(=O)OCC1c2ccccc2-c2ccccc21. The summed E-state index contributed by atoms with van der Waals surface area (Å²) in [6, 6.07) is 15.7. The number of nitrogens with zero attached hydrogens (tertiary/aromatic N) is 1. The molecule has 0 aromatic heterocycles. The van der Waals surface area contributed by atoms with Crippen molar-refractivity contribution in [2.24, 2.45) is 0 Å². The normalized spacial score (nSPS) is 12.9. The number of fused-ring (bicyclic) bond motifs is 3. The molecule has 2 aromatic rings. The summed E-state index contributed by atoms with van der Waals surface area (Å²) in [7, 11) is 0. The first-order valence-electron chi connectivity index (χ1n) is 10.7. The van der Waals surface area contributed by atoms with Crippen LogP contribution in [0.2, 0.25) is 0 Å². The zero-order valence-corrected chi connectivity index (χ0v) is 18.1. The van der Waals surface area contributed by atoms with Gasteiger partial charge in [0.25, 0.3) is 0 Å². The van der Waals surface area contributed by atoms with Crippen LogP contribution in [-0.4, -0.2) is 53.7 Å². The number of alkyl carbamates (subject to hydrolysis) is 1. The van der Waals surface area contributed by atoms with Gasteiger partial charge in [0, 0.05) is 24.9 Å². The molecule has 0 aliphatic heterocycles. The second-order valence-electron chi connectivity index (χ2n) is 7.74. The molecule has 7 nitrogen and oxygen atoms in total. The third-order valence-electron chi connectivity index (χ3n) is 5.61. The molecule has 0 saturated heterocycles. The van der Waals surface area contributed by atoms with Crippen LogP contribution >= 0.6 is 0 Å². The van der Waals surface area contributed by atoms with Gasteiger partial charge in [-0.05, 0) is 28.7 Å². The highest BCUT2D eigenvalue weighted by atomic mass is 16.5. The van der Waals surface area contributed by atoms with Gasteiger partial charge in [-0.15, -0.1) is 6.58 Å². The Morgan fingerprint density at radius 3 is 2.25 bits per heavy atom. The Bertz CT molecular complexity index is 958. The molecule has 1 atom stereocenters.